The summed E-state index contributed by atoms with van der Waals surface area (Å²) in [4.78, 5) is 3.61. The second-order valence-corrected chi connectivity index (χ2v) is 4.49. The van der Waals surface area contributed by atoms with Gasteiger partial charge in [-0.1, -0.05) is 0 Å². The summed E-state index contributed by atoms with van der Waals surface area (Å²) in [6, 6.07) is -0.702. The third kappa shape index (κ3) is 2.20. The largest absolute Gasteiger partial charge is 0.443 e. The third-order valence-corrected chi connectivity index (χ3v) is 3.39. The van der Waals surface area contributed by atoms with Gasteiger partial charge in [-0.3, -0.25) is 0 Å². The third-order valence-electron chi connectivity index (χ3n) is 1.77. The summed E-state index contributed by atoms with van der Waals surface area (Å²) >= 11 is 1.48. The predicted molar refractivity (Wildman–Crippen MR) is 53.1 cm³/mol. The number of rotatable bonds is 2. The second-order valence-electron chi connectivity index (χ2n) is 2.88. The summed E-state index contributed by atoms with van der Waals surface area (Å²) < 4.78 is 44.5. The fraction of sp³-hybridized carbons (Fsp3) is 0.286. The van der Waals surface area contributed by atoms with Crippen LogP contribution in [0.5, 0.6) is 0 Å². The molecule has 2 aromatic heterocycles. The van der Waals surface area contributed by atoms with Crippen molar-refractivity contribution in [2.45, 2.75) is 12.2 Å². The van der Waals surface area contributed by atoms with E-state index < -0.39 is 17.2 Å². The number of aromatic nitrogens is 3. The Kier molecular flexibility index (Phi) is 2.91. The minimum Gasteiger partial charge on any atom is -0.318 e. The molecule has 0 saturated heterocycles. The van der Waals surface area contributed by atoms with Gasteiger partial charge in [-0.25, -0.2) is 4.98 Å². The van der Waals surface area contributed by atoms with Crippen molar-refractivity contribution >= 4 is 23.1 Å². The van der Waals surface area contributed by atoms with Crippen LogP contribution in [0.25, 0.3) is 0 Å². The molecule has 2 rings (SSSR count). The number of thiazole rings is 1. The van der Waals surface area contributed by atoms with Crippen LogP contribution in [0.3, 0.4) is 0 Å². The molecule has 16 heavy (non-hydrogen) atoms. The molecule has 1 atom stereocenters. The molecule has 1 unspecified atom stereocenters. The molecule has 0 fully saturated rings. The van der Waals surface area contributed by atoms with E-state index >= 15 is 0 Å². The van der Waals surface area contributed by atoms with Crippen molar-refractivity contribution in [2.24, 2.45) is 5.73 Å². The molecular weight excluding hydrogens is 261 g/mol. The van der Waals surface area contributed by atoms with Crippen LogP contribution in [-0.2, 0) is 6.18 Å². The van der Waals surface area contributed by atoms with Gasteiger partial charge in [0.25, 0.3) is 0 Å². The average Bonchev–Trinajstić information content (AvgIpc) is 2.87. The number of hydrogen-bond donors (Lipinski definition) is 1. The zero-order valence-corrected chi connectivity index (χ0v) is 9.23. The maximum absolute atomic E-state index is 12.3. The van der Waals surface area contributed by atoms with Gasteiger partial charge >= 0.3 is 6.18 Å². The second kappa shape index (κ2) is 4.07. The van der Waals surface area contributed by atoms with E-state index in [0.717, 1.165) is 17.9 Å². The molecule has 0 aromatic carbocycles. The predicted octanol–water partition coefficient (Wildman–Crippen LogP) is 2.06. The minimum absolute atomic E-state index is 0.319. The van der Waals surface area contributed by atoms with E-state index in [1.165, 1.54) is 6.20 Å². The lowest BCUT2D eigenvalue weighted by atomic mass is 10.2. The number of alkyl halides is 3. The first-order valence-electron chi connectivity index (χ1n) is 4.04. The Hall–Kier alpha value is -1.06. The Balaban J connectivity index is 2.26. The molecule has 0 aliphatic heterocycles. The van der Waals surface area contributed by atoms with Crippen molar-refractivity contribution in [1.82, 2.24) is 13.7 Å². The van der Waals surface area contributed by atoms with Crippen LogP contribution in [0.1, 0.15) is 21.6 Å². The normalized spacial score (nSPS) is 14.0. The van der Waals surface area contributed by atoms with Crippen LogP contribution in [0.4, 0.5) is 13.2 Å². The lowest BCUT2D eigenvalue weighted by molar-refractivity contribution is -0.137. The summed E-state index contributed by atoms with van der Waals surface area (Å²) in [5, 5.41) is -0.902. The van der Waals surface area contributed by atoms with E-state index in [-0.39, 0.29) is 0 Å². The first-order chi connectivity index (χ1) is 7.48. The van der Waals surface area contributed by atoms with Gasteiger partial charge in [-0.05, 0) is 0 Å². The van der Waals surface area contributed by atoms with Gasteiger partial charge in [0.05, 0.1) is 29.7 Å². The van der Waals surface area contributed by atoms with E-state index in [1.807, 2.05) is 0 Å². The van der Waals surface area contributed by atoms with Crippen LogP contribution in [0.2, 0.25) is 0 Å². The molecular formula is C7H5F3N4S2. The molecule has 0 amide bonds. The Labute approximate surface area is 96.3 Å². The average molecular weight is 266 g/mol. The van der Waals surface area contributed by atoms with Crippen LogP contribution in [-0.4, -0.2) is 13.7 Å². The first kappa shape index (κ1) is 11.4. The molecule has 0 bridgehead atoms. The first-order valence-corrected chi connectivity index (χ1v) is 5.59. The van der Waals surface area contributed by atoms with Gasteiger partial charge in [0.1, 0.15) is 0 Å². The van der Waals surface area contributed by atoms with Gasteiger partial charge in [-0.2, -0.15) is 21.9 Å². The Morgan fingerprint density at radius 2 is 2.06 bits per heavy atom. The molecule has 2 N–H and O–H groups in total. The van der Waals surface area contributed by atoms with Crippen molar-refractivity contribution in [3.8, 4) is 0 Å². The topological polar surface area (TPSA) is 64.7 Å². The minimum atomic E-state index is -4.43. The summed E-state index contributed by atoms with van der Waals surface area (Å²) in [5.74, 6) is 0. The van der Waals surface area contributed by atoms with Crippen LogP contribution in [0, 0.1) is 0 Å². The Morgan fingerprint density at radius 1 is 1.31 bits per heavy atom. The summed E-state index contributed by atoms with van der Waals surface area (Å²) in [6.45, 7) is 0. The lowest BCUT2D eigenvalue weighted by Gasteiger charge is -2.03. The molecule has 9 heteroatoms. The van der Waals surface area contributed by atoms with E-state index in [4.69, 9.17) is 5.73 Å². The molecule has 0 spiro atoms. The highest BCUT2D eigenvalue weighted by molar-refractivity contribution is 7.11. The Bertz CT molecular complexity index is 464. The molecule has 0 saturated carbocycles. The zero-order chi connectivity index (χ0) is 11.8. The van der Waals surface area contributed by atoms with E-state index in [1.54, 1.807) is 0 Å². The molecule has 0 aliphatic carbocycles. The SMILES string of the molecule is NC(c1cnsn1)c1cnc(C(F)(F)F)s1. The summed E-state index contributed by atoms with van der Waals surface area (Å²) in [6.07, 6.45) is -1.87. The number of nitrogens with two attached hydrogens (primary N) is 1. The quantitative estimate of drug-likeness (QED) is 0.903. The van der Waals surface area contributed by atoms with Gasteiger partial charge in [-0.15, -0.1) is 11.3 Å². The van der Waals surface area contributed by atoms with Gasteiger partial charge in [0.15, 0.2) is 5.01 Å². The zero-order valence-electron chi connectivity index (χ0n) is 7.60. The molecule has 0 aliphatic rings. The van der Waals surface area contributed by atoms with Crippen molar-refractivity contribution in [2.75, 3.05) is 0 Å². The number of hydrogen-bond acceptors (Lipinski definition) is 6. The van der Waals surface area contributed by atoms with Crippen molar-refractivity contribution in [3.05, 3.63) is 28.0 Å². The fourth-order valence-corrected chi connectivity index (χ4v) is 2.27. The highest BCUT2D eigenvalue weighted by atomic mass is 32.1. The molecule has 2 aromatic rings. The number of halogens is 3. The van der Waals surface area contributed by atoms with E-state index in [9.17, 15) is 13.2 Å². The summed E-state index contributed by atoms with van der Waals surface area (Å²) in [5.41, 5.74) is 6.17. The van der Waals surface area contributed by atoms with Gasteiger partial charge in [0, 0.05) is 11.1 Å². The molecule has 2 heterocycles. The Morgan fingerprint density at radius 3 is 2.56 bits per heavy atom. The van der Waals surface area contributed by atoms with Gasteiger partial charge in [0.2, 0.25) is 0 Å². The van der Waals surface area contributed by atoms with Crippen molar-refractivity contribution in [3.63, 3.8) is 0 Å². The summed E-state index contributed by atoms with van der Waals surface area (Å²) in [7, 11) is 0. The van der Waals surface area contributed by atoms with Gasteiger partial charge < -0.3 is 5.73 Å². The highest BCUT2D eigenvalue weighted by Crippen LogP contribution is 2.34. The smallest absolute Gasteiger partial charge is 0.318 e. The van der Waals surface area contributed by atoms with Crippen molar-refractivity contribution < 1.29 is 13.2 Å². The molecule has 4 nitrogen and oxygen atoms in total. The van der Waals surface area contributed by atoms with Crippen molar-refractivity contribution in [1.29, 1.82) is 0 Å². The van der Waals surface area contributed by atoms with Crippen LogP contribution in [0.15, 0.2) is 12.4 Å². The maximum Gasteiger partial charge on any atom is 0.443 e. The van der Waals surface area contributed by atoms with E-state index in [0.29, 0.717) is 21.9 Å². The number of nitrogens with zero attached hydrogens (tertiary/aromatic N) is 3. The standard InChI is InChI=1S/C7H5F3N4S2/c8-7(9,10)6-12-2-4(15-6)5(11)3-1-13-16-14-3/h1-2,5H,11H2. The van der Waals surface area contributed by atoms with Crippen LogP contribution < -0.4 is 5.73 Å². The van der Waals surface area contributed by atoms with E-state index in [2.05, 4.69) is 13.7 Å². The van der Waals surface area contributed by atoms with Crippen LogP contribution >= 0.6 is 23.1 Å². The fourth-order valence-electron chi connectivity index (χ4n) is 1.02. The monoisotopic (exact) mass is 266 g/mol. The molecule has 86 valence electrons. The molecule has 0 radical (unpaired) electrons. The highest BCUT2D eigenvalue weighted by Gasteiger charge is 2.35. The lowest BCUT2D eigenvalue weighted by Crippen LogP contribution is -2.10. The maximum atomic E-state index is 12.3.